The molecule has 2 N–H and O–H groups in total. The van der Waals surface area contributed by atoms with E-state index in [1.54, 1.807) is 35.0 Å². The first-order valence-corrected chi connectivity index (χ1v) is 12.4. The Bertz CT molecular complexity index is 1300. The first-order valence-electron chi connectivity index (χ1n) is 10.9. The molecule has 3 aromatic rings. The van der Waals surface area contributed by atoms with Gasteiger partial charge in [-0.15, -0.1) is 0 Å². The number of amides is 1. The molecule has 0 saturated heterocycles. The second kappa shape index (κ2) is 9.13. The van der Waals surface area contributed by atoms with E-state index in [9.17, 15) is 13.2 Å². The summed E-state index contributed by atoms with van der Waals surface area (Å²) in [4.78, 5) is 13.1. The molecule has 0 fully saturated rings. The minimum absolute atomic E-state index is 0.0363. The monoisotopic (exact) mass is 484 g/mol. The van der Waals surface area contributed by atoms with Crippen LogP contribution in [0.5, 0.6) is 5.75 Å². The second-order valence-corrected chi connectivity index (χ2v) is 11.7. The van der Waals surface area contributed by atoms with Gasteiger partial charge in [-0.2, -0.15) is 5.10 Å². The molecule has 8 nitrogen and oxygen atoms in total. The standard InChI is InChI=1S/C25H32N4O4S/c1-24(2,3)21-16-22(29(27-21)25(4,5)6)26-23(30)17-11-10-12-18(15-17)34(31,32)28-19-13-8-9-14-20(19)33-7/h8-16,28H,1-7H3,(H,26,30). The maximum absolute atomic E-state index is 13.1. The lowest BCUT2D eigenvalue weighted by Crippen LogP contribution is -2.27. The van der Waals surface area contributed by atoms with E-state index in [1.807, 2.05) is 26.8 Å². The van der Waals surface area contributed by atoms with Gasteiger partial charge in [-0.25, -0.2) is 13.1 Å². The number of aromatic nitrogens is 2. The van der Waals surface area contributed by atoms with Crippen LogP contribution in [0.1, 0.15) is 57.6 Å². The number of ether oxygens (including phenoxy) is 1. The number of para-hydroxylation sites is 2. The quantitative estimate of drug-likeness (QED) is 0.513. The van der Waals surface area contributed by atoms with E-state index in [-0.39, 0.29) is 21.4 Å². The molecule has 0 radical (unpaired) electrons. The van der Waals surface area contributed by atoms with Gasteiger partial charge in [-0.1, -0.05) is 39.0 Å². The van der Waals surface area contributed by atoms with Crippen LogP contribution in [0.2, 0.25) is 0 Å². The van der Waals surface area contributed by atoms with E-state index in [4.69, 9.17) is 9.84 Å². The predicted octanol–water partition coefficient (Wildman–Crippen LogP) is 5.00. The zero-order valence-electron chi connectivity index (χ0n) is 20.6. The molecule has 0 aliphatic heterocycles. The Morgan fingerprint density at radius 2 is 1.65 bits per heavy atom. The number of nitrogens with zero attached hydrogens (tertiary/aromatic N) is 2. The maximum Gasteiger partial charge on any atom is 0.262 e. The smallest absolute Gasteiger partial charge is 0.262 e. The first kappa shape index (κ1) is 25.3. The van der Waals surface area contributed by atoms with Gasteiger partial charge in [0.1, 0.15) is 11.6 Å². The van der Waals surface area contributed by atoms with Crippen molar-refractivity contribution in [1.82, 2.24) is 9.78 Å². The molecular formula is C25H32N4O4S. The van der Waals surface area contributed by atoms with E-state index < -0.39 is 15.9 Å². The zero-order valence-corrected chi connectivity index (χ0v) is 21.4. The van der Waals surface area contributed by atoms with Crippen LogP contribution in [0.3, 0.4) is 0 Å². The number of nitrogens with one attached hydrogen (secondary N) is 2. The van der Waals surface area contributed by atoms with Crippen molar-refractivity contribution < 1.29 is 17.9 Å². The van der Waals surface area contributed by atoms with Gasteiger partial charge in [-0.05, 0) is 51.1 Å². The van der Waals surface area contributed by atoms with Crippen molar-refractivity contribution >= 4 is 27.4 Å². The summed E-state index contributed by atoms with van der Waals surface area (Å²) in [6.45, 7) is 12.2. The van der Waals surface area contributed by atoms with Crippen LogP contribution in [0, 0.1) is 0 Å². The van der Waals surface area contributed by atoms with Gasteiger partial charge < -0.3 is 10.1 Å². The average Bonchev–Trinajstić information content (AvgIpc) is 3.19. The lowest BCUT2D eigenvalue weighted by atomic mass is 9.92. The molecule has 34 heavy (non-hydrogen) atoms. The van der Waals surface area contributed by atoms with Gasteiger partial charge in [0.25, 0.3) is 15.9 Å². The molecule has 1 aromatic heterocycles. The lowest BCUT2D eigenvalue weighted by Gasteiger charge is -2.23. The topological polar surface area (TPSA) is 102 Å². The van der Waals surface area contributed by atoms with Crippen molar-refractivity contribution in [1.29, 1.82) is 0 Å². The molecule has 0 bridgehead atoms. The molecule has 0 unspecified atom stereocenters. The van der Waals surface area contributed by atoms with Crippen LogP contribution in [0.15, 0.2) is 59.5 Å². The van der Waals surface area contributed by atoms with Crippen molar-refractivity contribution in [3.63, 3.8) is 0 Å². The van der Waals surface area contributed by atoms with Crippen LogP contribution in [0.25, 0.3) is 0 Å². The fourth-order valence-electron chi connectivity index (χ4n) is 3.27. The summed E-state index contributed by atoms with van der Waals surface area (Å²) in [6, 6.07) is 14.4. The number of carbonyl (C=O) groups excluding carboxylic acids is 1. The summed E-state index contributed by atoms with van der Waals surface area (Å²) in [5, 5.41) is 7.60. The maximum atomic E-state index is 13.1. The minimum Gasteiger partial charge on any atom is -0.495 e. The molecule has 3 rings (SSSR count). The molecule has 0 atom stereocenters. The number of sulfonamides is 1. The summed E-state index contributed by atoms with van der Waals surface area (Å²) in [5.41, 5.74) is 0.796. The van der Waals surface area contributed by atoms with E-state index in [2.05, 4.69) is 30.8 Å². The van der Waals surface area contributed by atoms with Crippen LogP contribution >= 0.6 is 0 Å². The Morgan fingerprint density at radius 1 is 0.971 bits per heavy atom. The van der Waals surface area contributed by atoms with Gasteiger partial charge in [0.15, 0.2) is 0 Å². The highest BCUT2D eigenvalue weighted by Crippen LogP contribution is 2.29. The lowest BCUT2D eigenvalue weighted by molar-refractivity contribution is 0.102. The van der Waals surface area contributed by atoms with Gasteiger partial charge in [-0.3, -0.25) is 9.52 Å². The predicted molar refractivity (Wildman–Crippen MR) is 134 cm³/mol. The Morgan fingerprint density at radius 3 is 2.26 bits per heavy atom. The molecular weight excluding hydrogens is 452 g/mol. The van der Waals surface area contributed by atoms with Gasteiger partial charge >= 0.3 is 0 Å². The third kappa shape index (κ3) is 5.59. The highest BCUT2D eigenvalue weighted by Gasteiger charge is 2.26. The van der Waals surface area contributed by atoms with Crippen molar-refractivity contribution in [3.05, 3.63) is 65.9 Å². The molecule has 9 heteroatoms. The van der Waals surface area contributed by atoms with Crippen molar-refractivity contribution in [3.8, 4) is 5.75 Å². The highest BCUT2D eigenvalue weighted by atomic mass is 32.2. The summed E-state index contributed by atoms with van der Waals surface area (Å²) in [5.74, 6) is 0.508. The first-order chi connectivity index (χ1) is 15.7. The Labute approximate surface area is 201 Å². The summed E-state index contributed by atoms with van der Waals surface area (Å²) in [7, 11) is -2.49. The molecule has 182 valence electrons. The van der Waals surface area contributed by atoms with Gasteiger partial charge in [0.2, 0.25) is 0 Å². The van der Waals surface area contributed by atoms with Gasteiger partial charge in [0, 0.05) is 17.0 Å². The average molecular weight is 485 g/mol. The van der Waals surface area contributed by atoms with Crippen molar-refractivity contribution in [2.75, 3.05) is 17.1 Å². The number of anilines is 2. The number of methoxy groups -OCH3 is 1. The number of hydrogen-bond acceptors (Lipinski definition) is 5. The Hall–Kier alpha value is -3.33. The van der Waals surface area contributed by atoms with E-state index >= 15 is 0 Å². The SMILES string of the molecule is COc1ccccc1NS(=O)(=O)c1cccc(C(=O)Nc2cc(C(C)(C)C)nn2C(C)(C)C)c1. The number of carbonyl (C=O) groups is 1. The largest absolute Gasteiger partial charge is 0.495 e. The third-order valence-corrected chi connectivity index (χ3v) is 6.48. The summed E-state index contributed by atoms with van der Waals surface area (Å²) < 4.78 is 35.5. The molecule has 0 spiro atoms. The fraction of sp³-hybridized carbons (Fsp3) is 0.360. The third-order valence-electron chi connectivity index (χ3n) is 5.11. The molecule has 0 aliphatic carbocycles. The molecule has 1 amide bonds. The summed E-state index contributed by atoms with van der Waals surface area (Å²) >= 11 is 0. The number of hydrogen-bond donors (Lipinski definition) is 2. The fourth-order valence-corrected chi connectivity index (χ4v) is 4.39. The molecule has 1 heterocycles. The number of benzene rings is 2. The van der Waals surface area contributed by atoms with E-state index in [0.29, 0.717) is 17.3 Å². The molecule has 2 aromatic carbocycles. The van der Waals surface area contributed by atoms with Crippen LogP contribution in [-0.4, -0.2) is 31.2 Å². The van der Waals surface area contributed by atoms with Crippen LogP contribution in [-0.2, 0) is 21.0 Å². The Balaban J connectivity index is 1.91. The van der Waals surface area contributed by atoms with E-state index in [1.165, 1.54) is 25.3 Å². The highest BCUT2D eigenvalue weighted by molar-refractivity contribution is 7.92. The van der Waals surface area contributed by atoms with Crippen LogP contribution in [0.4, 0.5) is 11.5 Å². The zero-order chi connectivity index (χ0) is 25.3. The second-order valence-electron chi connectivity index (χ2n) is 10.0. The molecule has 0 saturated carbocycles. The van der Waals surface area contributed by atoms with Gasteiger partial charge in [0.05, 0.1) is 28.9 Å². The minimum atomic E-state index is -3.95. The van der Waals surface area contributed by atoms with E-state index in [0.717, 1.165) is 5.69 Å². The van der Waals surface area contributed by atoms with Crippen molar-refractivity contribution in [2.45, 2.75) is 57.4 Å². The van der Waals surface area contributed by atoms with Crippen molar-refractivity contribution in [2.24, 2.45) is 0 Å². The number of rotatable bonds is 6. The molecule has 0 aliphatic rings. The normalized spacial score (nSPS) is 12.3. The summed E-state index contributed by atoms with van der Waals surface area (Å²) in [6.07, 6.45) is 0. The Kier molecular flexibility index (Phi) is 6.80. The van der Waals surface area contributed by atoms with Crippen LogP contribution < -0.4 is 14.8 Å².